The first-order chi connectivity index (χ1) is 12.0. The number of benzene rings is 2. The number of hydrogen-bond donors (Lipinski definition) is 1. The summed E-state index contributed by atoms with van der Waals surface area (Å²) in [5, 5.41) is 2.85. The molecule has 1 aliphatic rings. The molecule has 1 N–H and O–H groups in total. The molecule has 0 atom stereocenters. The number of carbonyl (C=O) groups is 1. The van der Waals surface area contributed by atoms with Crippen molar-refractivity contribution in [3.05, 3.63) is 59.1 Å². The molecule has 3 rings (SSSR count). The number of nitrogens with one attached hydrogen (secondary N) is 1. The number of piperazine rings is 1. The van der Waals surface area contributed by atoms with Gasteiger partial charge in [0, 0.05) is 36.9 Å². The molecule has 1 amide bonds. The lowest BCUT2D eigenvalue weighted by Crippen LogP contribution is -2.48. The van der Waals surface area contributed by atoms with Crippen LogP contribution in [0.2, 0.25) is 5.02 Å². The predicted molar refractivity (Wildman–Crippen MR) is 95.1 cm³/mol. The number of carbonyl (C=O) groups excluding carboxylic acids is 1. The van der Waals surface area contributed by atoms with Crippen LogP contribution in [-0.4, -0.2) is 43.5 Å². The van der Waals surface area contributed by atoms with E-state index in [1.54, 1.807) is 12.1 Å². The molecule has 0 spiro atoms. The monoisotopic (exact) mass is 365 g/mol. The molecule has 1 heterocycles. The highest BCUT2D eigenvalue weighted by Crippen LogP contribution is 2.19. The molecule has 1 aliphatic heterocycles. The van der Waals surface area contributed by atoms with Gasteiger partial charge < -0.3 is 10.2 Å². The molecule has 4 nitrogen and oxygen atoms in total. The van der Waals surface area contributed by atoms with E-state index >= 15 is 0 Å². The zero-order valence-electron chi connectivity index (χ0n) is 13.5. The topological polar surface area (TPSA) is 35.6 Å². The fourth-order valence-electron chi connectivity index (χ4n) is 2.80. The van der Waals surface area contributed by atoms with Crippen molar-refractivity contribution in [3.8, 4) is 0 Å². The lowest BCUT2D eigenvalue weighted by atomic mass is 10.2. The van der Waals surface area contributed by atoms with Gasteiger partial charge in [0.2, 0.25) is 5.91 Å². The quantitative estimate of drug-likeness (QED) is 0.902. The van der Waals surface area contributed by atoms with E-state index in [1.165, 1.54) is 30.3 Å². The van der Waals surface area contributed by atoms with Crippen molar-refractivity contribution in [2.75, 3.05) is 42.9 Å². The average molecular weight is 366 g/mol. The maximum Gasteiger partial charge on any atom is 0.238 e. The smallest absolute Gasteiger partial charge is 0.238 e. The summed E-state index contributed by atoms with van der Waals surface area (Å²) in [5.74, 6) is -1.08. The third-order valence-corrected chi connectivity index (χ3v) is 4.37. The second kappa shape index (κ2) is 7.80. The zero-order chi connectivity index (χ0) is 17.8. The van der Waals surface area contributed by atoms with Gasteiger partial charge in [0.25, 0.3) is 0 Å². The molecule has 7 heteroatoms. The van der Waals surface area contributed by atoms with Crippen molar-refractivity contribution in [2.24, 2.45) is 0 Å². The summed E-state index contributed by atoms with van der Waals surface area (Å²) in [7, 11) is 0. The summed E-state index contributed by atoms with van der Waals surface area (Å²) >= 11 is 5.70. The van der Waals surface area contributed by atoms with Gasteiger partial charge in [0.1, 0.15) is 11.6 Å². The number of anilines is 2. The van der Waals surface area contributed by atoms with Gasteiger partial charge in [0.15, 0.2) is 0 Å². The summed E-state index contributed by atoms with van der Waals surface area (Å²) in [5.41, 5.74) is 1.09. The Hall–Kier alpha value is -2.18. The molecule has 2 aromatic rings. The Labute approximate surface area is 150 Å². The maximum atomic E-state index is 13.7. The van der Waals surface area contributed by atoms with Crippen LogP contribution in [0.3, 0.4) is 0 Å². The second-order valence-corrected chi connectivity index (χ2v) is 6.35. The Morgan fingerprint density at radius 1 is 1.04 bits per heavy atom. The second-order valence-electron chi connectivity index (χ2n) is 5.91. The lowest BCUT2D eigenvalue weighted by Gasteiger charge is -2.35. The van der Waals surface area contributed by atoms with Crippen molar-refractivity contribution in [1.29, 1.82) is 0 Å². The lowest BCUT2D eigenvalue weighted by molar-refractivity contribution is -0.117. The number of hydrogen-bond acceptors (Lipinski definition) is 3. The van der Waals surface area contributed by atoms with Gasteiger partial charge >= 0.3 is 0 Å². The van der Waals surface area contributed by atoms with Gasteiger partial charge in [-0.15, -0.1) is 0 Å². The molecule has 0 bridgehead atoms. The molecule has 1 fully saturated rings. The molecular formula is C18H18ClF2N3O. The fourth-order valence-corrected chi connectivity index (χ4v) is 2.96. The number of amides is 1. The first kappa shape index (κ1) is 17.6. The Kier molecular flexibility index (Phi) is 5.50. The van der Waals surface area contributed by atoms with Crippen LogP contribution in [0.25, 0.3) is 0 Å². The predicted octanol–water partition coefficient (Wildman–Crippen LogP) is 3.38. The summed E-state index contributed by atoms with van der Waals surface area (Å²) < 4.78 is 26.7. The summed E-state index contributed by atoms with van der Waals surface area (Å²) in [6.07, 6.45) is 0. The summed E-state index contributed by atoms with van der Waals surface area (Å²) in [6, 6.07) is 10.5. The molecule has 0 unspecified atom stereocenters. The summed E-state index contributed by atoms with van der Waals surface area (Å²) in [4.78, 5) is 16.2. The molecule has 0 aliphatic carbocycles. The number of nitrogens with zero attached hydrogens (tertiary/aromatic N) is 2. The van der Waals surface area contributed by atoms with E-state index in [-0.39, 0.29) is 29.0 Å². The van der Waals surface area contributed by atoms with Gasteiger partial charge in [-0.05, 0) is 42.5 Å². The van der Waals surface area contributed by atoms with Crippen molar-refractivity contribution in [3.63, 3.8) is 0 Å². The summed E-state index contributed by atoms with van der Waals surface area (Å²) in [6.45, 7) is 3.09. The molecule has 1 saturated heterocycles. The molecule has 25 heavy (non-hydrogen) atoms. The van der Waals surface area contributed by atoms with Gasteiger partial charge in [-0.1, -0.05) is 11.6 Å². The molecule has 0 aromatic heterocycles. The molecule has 132 valence electrons. The minimum atomic E-state index is -0.554. The van der Waals surface area contributed by atoms with Crippen molar-refractivity contribution in [1.82, 2.24) is 4.90 Å². The highest BCUT2D eigenvalue weighted by Gasteiger charge is 2.19. The Balaban J connectivity index is 1.50. The standard InChI is InChI=1S/C18H18ClF2N3O/c19-13-1-6-17(16(21)11-13)22-18(25)12-23-7-9-24(10-8-23)15-4-2-14(20)3-5-15/h1-6,11H,7-10,12H2,(H,22,25). The van der Waals surface area contributed by atoms with Crippen molar-refractivity contribution < 1.29 is 13.6 Å². The Bertz CT molecular complexity index is 746. The van der Waals surface area contributed by atoms with Gasteiger partial charge in [-0.25, -0.2) is 8.78 Å². The molecule has 0 saturated carbocycles. The first-order valence-electron chi connectivity index (χ1n) is 7.99. The Morgan fingerprint density at radius 2 is 1.72 bits per heavy atom. The number of rotatable bonds is 4. The van der Waals surface area contributed by atoms with E-state index in [9.17, 15) is 13.6 Å². The van der Waals surface area contributed by atoms with E-state index < -0.39 is 5.82 Å². The van der Waals surface area contributed by atoms with Crippen molar-refractivity contribution >= 4 is 28.9 Å². The van der Waals surface area contributed by atoms with Gasteiger partial charge in [-0.2, -0.15) is 0 Å². The van der Waals surface area contributed by atoms with Crippen LogP contribution in [0.1, 0.15) is 0 Å². The van der Waals surface area contributed by atoms with E-state index in [0.717, 1.165) is 18.8 Å². The zero-order valence-corrected chi connectivity index (χ0v) is 14.3. The van der Waals surface area contributed by atoms with Crippen LogP contribution >= 0.6 is 11.6 Å². The molecular weight excluding hydrogens is 348 g/mol. The maximum absolute atomic E-state index is 13.7. The van der Waals surface area contributed by atoms with Gasteiger partial charge in [0.05, 0.1) is 12.2 Å². The van der Waals surface area contributed by atoms with E-state index in [1.807, 2.05) is 4.90 Å². The minimum absolute atomic E-state index is 0.124. The molecule has 0 radical (unpaired) electrons. The van der Waals surface area contributed by atoms with Crippen LogP contribution in [0.4, 0.5) is 20.2 Å². The number of halogens is 3. The first-order valence-corrected chi connectivity index (χ1v) is 8.37. The van der Waals surface area contributed by atoms with Crippen LogP contribution in [0, 0.1) is 11.6 Å². The highest BCUT2D eigenvalue weighted by molar-refractivity contribution is 6.30. The van der Waals surface area contributed by atoms with Crippen LogP contribution in [-0.2, 0) is 4.79 Å². The van der Waals surface area contributed by atoms with Gasteiger partial charge in [-0.3, -0.25) is 9.69 Å². The third-order valence-electron chi connectivity index (χ3n) is 4.14. The minimum Gasteiger partial charge on any atom is -0.369 e. The highest BCUT2D eigenvalue weighted by atomic mass is 35.5. The molecule has 2 aromatic carbocycles. The Morgan fingerprint density at radius 3 is 2.36 bits per heavy atom. The van der Waals surface area contributed by atoms with Crippen LogP contribution in [0.5, 0.6) is 0 Å². The van der Waals surface area contributed by atoms with E-state index in [2.05, 4.69) is 10.2 Å². The normalized spacial score (nSPS) is 15.2. The fraction of sp³-hybridized carbons (Fsp3) is 0.278. The van der Waals surface area contributed by atoms with E-state index in [0.29, 0.717) is 13.1 Å². The third kappa shape index (κ3) is 4.67. The van der Waals surface area contributed by atoms with Crippen LogP contribution in [0.15, 0.2) is 42.5 Å². The van der Waals surface area contributed by atoms with E-state index in [4.69, 9.17) is 11.6 Å². The average Bonchev–Trinajstić information content (AvgIpc) is 2.59. The van der Waals surface area contributed by atoms with Crippen LogP contribution < -0.4 is 10.2 Å². The largest absolute Gasteiger partial charge is 0.369 e. The van der Waals surface area contributed by atoms with Crippen molar-refractivity contribution in [2.45, 2.75) is 0 Å². The SMILES string of the molecule is O=C(CN1CCN(c2ccc(F)cc2)CC1)Nc1ccc(Cl)cc1F.